The van der Waals surface area contributed by atoms with Crippen LogP contribution in [-0.2, 0) is 11.2 Å². The third-order valence-electron chi connectivity index (χ3n) is 4.40. The lowest BCUT2D eigenvalue weighted by molar-refractivity contribution is -0.116. The van der Waals surface area contributed by atoms with E-state index in [1.807, 2.05) is 23.1 Å². The summed E-state index contributed by atoms with van der Waals surface area (Å²) in [6, 6.07) is 5.62. The van der Waals surface area contributed by atoms with Crippen molar-refractivity contribution in [2.45, 2.75) is 32.6 Å². The van der Waals surface area contributed by atoms with Crippen molar-refractivity contribution in [3.63, 3.8) is 0 Å². The number of benzene rings is 1. The summed E-state index contributed by atoms with van der Waals surface area (Å²) in [5.74, 6) is 0.832. The summed E-state index contributed by atoms with van der Waals surface area (Å²) in [4.78, 5) is 25.8. The summed E-state index contributed by atoms with van der Waals surface area (Å²) < 4.78 is 0. The molecule has 0 bridgehead atoms. The monoisotopic (exact) mass is 272 g/mol. The first kappa shape index (κ1) is 13.2. The number of hydrogen-bond donors (Lipinski definition) is 1. The third kappa shape index (κ3) is 2.42. The average molecular weight is 272 g/mol. The Morgan fingerprint density at radius 1 is 1.40 bits per heavy atom. The molecule has 0 spiro atoms. The van der Waals surface area contributed by atoms with E-state index in [9.17, 15) is 9.59 Å². The maximum atomic E-state index is 12.5. The highest BCUT2D eigenvalue weighted by Gasteiger charge is 2.26. The second-order valence-corrected chi connectivity index (χ2v) is 5.73. The number of fused-ring (bicyclic) bond motifs is 1. The van der Waals surface area contributed by atoms with E-state index in [0.717, 1.165) is 49.2 Å². The summed E-state index contributed by atoms with van der Waals surface area (Å²) in [7, 11) is 0. The Bertz CT molecular complexity index is 553. The number of rotatable bonds is 2. The average Bonchev–Trinajstić information content (AvgIpc) is 2.95. The molecule has 2 heterocycles. The summed E-state index contributed by atoms with van der Waals surface area (Å²) in [6.45, 7) is 3.93. The number of likely N-dealkylation sites (tertiary alicyclic amines) is 1. The number of anilines is 1. The van der Waals surface area contributed by atoms with Crippen LogP contribution < -0.4 is 5.32 Å². The molecule has 2 amide bonds. The van der Waals surface area contributed by atoms with Gasteiger partial charge in [-0.2, -0.15) is 0 Å². The van der Waals surface area contributed by atoms with Gasteiger partial charge in [0.1, 0.15) is 0 Å². The van der Waals surface area contributed by atoms with Crippen molar-refractivity contribution < 1.29 is 9.59 Å². The minimum Gasteiger partial charge on any atom is -0.338 e. The van der Waals surface area contributed by atoms with Crippen LogP contribution in [0.3, 0.4) is 0 Å². The second-order valence-electron chi connectivity index (χ2n) is 5.73. The van der Waals surface area contributed by atoms with Crippen molar-refractivity contribution in [1.82, 2.24) is 4.90 Å². The van der Waals surface area contributed by atoms with Crippen LogP contribution in [0, 0.1) is 5.92 Å². The number of amides is 2. The van der Waals surface area contributed by atoms with Gasteiger partial charge >= 0.3 is 0 Å². The fourth-order valence-corrected chi connectivity index (χ4v) is 3.05. The molecule has 1 aromatic carbocycles. The van der Waals surface area contributed by atoms with Crippen molar-refractivity contribution in [3.05, 3.63) is 29.3 Å². The lowest BCUT2D eigenvalue weighted by Gasteiger charge is -2.20. The van der Waals surface area contributed by atoms with Crippen LogP contribution in [0.4, 0.5) is 5.69 Å². The normalized spacial score (nSPS) is 21.6. The lowest BCUT2D eigenvalue weighted by atomic mass is 10.00. The minimum atomic E-state index is 0.0573. The fourth-order valence-electron chi connectivity index (χ4n) is 3.05. The number of carbonyl (C=O) groups is 2. The summed E-state index contributed by atoms with van der Waals surface area (Å²) in [6.07, 6.45) is 3.48. The molecular formula is C16H20N2O2. The van der Waals surface area contributed by atoms with Gasteiger partial charge in [-0.25, -0.2) is 0 Å². The Hall–Kier alpha value is -1.84. The molecule has 0 radical (unpaired) electrons. The maximum Gasteiger partial charge on any atom is 0.253 e. The highest BCUT2D eigenvalue weighted by molar-refractivity contribution is 5.98. The molecule has 0 saturated carbocycles. The van der Waals surface area contributed by atoms with Gasteiger partial charge in [-0.15, -0.1) is 0 Å². The predicted octanol–water partition coefficient (Wildman–Crippen LogP) is 2.44. The quantitative estimate of drug-likeness (QED) is 0.899. The third-order valence-corrected chi connectivity index (χ3v) is 4.40. The van der Waals surface area contributed by atoms with Crippen molar-refractivity contribution in [2.24, 2.45) is 5.92 Å². The standard InChI is InChI=1S/C16H20N2O2/c1-2-11-7-8-18(10-11)16(20)13-3-5-14-12(9-13)4-6-15(19)17-14/h3,5,9,11H,2,4,6-8,10H2,1H3,(H,17,19). The van der Waals surface area contributed by atoms with Gasteiger partial charge in [-0.1, -0.05) is 13.3 Å². The van der Waals surface area contributed by atoms with Gasteiger partial charge in [0.15, 0.2) is 0 Å². The van der Waals surface area contributed by atoms with Gasteiger partial charge in [0.2, 0.25) is 5.91 Å². The van der Waals surface area contributed by atoms with Crippen molar-refractivity contribution in [3.8, 4) is 0 Å². The van der Waals surface area contributed by atoms with Crippen LogP contribution in [0.1, 0.15) is 42.1 Å². The Morgan fingerprint density at radius 3 is 3.00 bits per heavy atom. The Morgan fingerprint density at radius 2 is 2.25 bits per heavy atom. The maximum absolute atomic E-state index is 12.5. The first-order valence-corrected chi connectivity index (χ1v) is 7.39. The molecule has 20 heavy (non-hydrogen) atoms. The molecule has 4 nitrogen and oxygen atoms in total. The fraction of sp³-hybridized carbons (Fsp3) is 0.500. The molecule has 4 heteroatoms. The summed E-state index contributed by atoms with van der Waals surface area (Å²) in [5.41, 5.74) is 2.67. The topological polar surface area (TPSA) is 49.4 Å². The summed E-state index contributed by atoms with van der Waals surface area (Å²) in [5, 5.41) is 2.85. The van der Waals surface area contributed by atoms with Crippen LogP contribution in [0.2, 0.25) is 0 Å². The van der Waals surface area contributed by atoms with Crippen LogP contribution in [0.15, 0.2) is 18.2 Å². The van der Waals surface area contributed by atoms with Gasteiger partial charge in [-0.3, -0.25) is 9.59 Å². The van der Waals surface area contributed by atoms with Gasteiger partial charge in [-0.05, 0) is 42.5 Å². The smallest absolute Gasteiger partial charge is 0.253 e. The van der Waals surface area contributed by atoms with Gasteiger partial charge in [0, 0.05) is 30.8 Å². The van der Waals surface area contributed by atoms with E-state index in [-0.39, 0.29) is 11.8 Å². The number of nitrogens with one attached hydrogen (secondary N) is 1. The van der Waals surface area contributed by atoms with E-state index >= 15 is 0 Å². The largest absolute Gasteiger partial charge is 0.338 e. The van der Waals surface area contributed by atoms with Crippen LogP contribution >= 0.6 is 0 Å². The molecule has 1 unspecified atom stereocenters. The zero-order chi connectivity index (χ0) is 14.1. The van der Waals surface area contributed by atoms with Crippen LogP contribution in [0.5, 0.6) is 0 Å². The molecule has 1 atom stereocenters. The lowest BCUT2D eigenvalue weighted by Crippen LogP contribution is -2.29. The molecule has 2 aliphatic heterocycles. The molecule has 0 aromatic heterocycles. The van der Waals surface area contributed by atoms with Gasteiger partial charge in [0.05, 0.1) is 0 Å². The Kier molecular flexibility index (Phi) is 3.47. The number of nitrogens with zero attached hydrogens (tertiary/aromatic N) is 1. The second kappa shape index (κ2) is 5.27. The van der Waals surface area contributed by atoms with Crippen molar-refractivity contribution in [1.29, 1.82) is 0 Å². The zero-order valence-electron chi connectivity index (χ0n) is 11.8. The summed E-state index contributed by atoms with van der Waals surface area (Å²) >= 11 is 0. The van der Waals surface area contributed by atoms with Gasteiger partial charge in [0.25, 0.3) is 5.91 Å². The minimum absolute atomic E-state index is 0.0573. The highest BCUT2D eigenvalue weighted by Crippen LogP contribution is 2.26. The highest BCUT2D eigenvalue weighted by atomic mass is 16.2. The predicted molar refractivity (Wildman–Crippen MR) is 77.7 cm³/mol. The van der Waals surface area contributed by atoms with E-state index in [1.165, 1.54) is 0 Å². The molecule has 1 saturated heterocycles. The van der Waals surface area contributed by atoms with E-state index in [4.69, 9.17) is 0 Å². The molecule has 1 N–H and O–H groups in total. The van der Waals surface area contributed by atoms with E-state index in [0.29, 0.717) is 12.3 Å². The number of aryl methyl sites for hydroxylation is 1. The Labute approximate surface area is 119 Å². The molecule has 106 valence electrons. The van der Waals surface area contributed by atoms with E-state index < -0.39 is 0 Å². The van der Waals surface area contributed by atoms with Gasteiger partial charge < -0.3 is 10.2 Å². The molecule has 1 fully saturated rings. The molecule has 3 rings (SSSR count). The molecule has 2 aliphatic rings. The SMILES string of the molecule is CCC1CCN(C(=O)c2ccc3c(c2)CCC(=O)N3)C1. The Balaban J connectivity index is 1.78. The first-order valence-electron chi connectivity index (χ1n) is 7.39. The van der Waals surface area contributed by atoms with E-state index in [2.05, 4.69) is 12.2 Å². The van der Waals surface area contributed by atoms with Crippen molar-refractivity contribution >= 4 is 17.5 Å². The van der Waals surface area contributed by atoms with Crippen LogP contribution in [0.25, 0.3) is 0 Å². The number of carbonyl (C=O) groups excluding carboxylic acids is 2. The molecule has 0 aliphatic carbocycles. The first-order chi connectivity index (χ1) is 9.67. The van der Waals surface area contributed by atoms with Crippen LogP contribution in [-0.4, -0.2) is 29.8 Å². The number of hydrogen-bond acceptors (Lipinski definition) is 2. The van der Waals surface area contributed by atoms with E-state index in [1.54, 1.807) is 0 Å². The van der Waals surface area contributed by atoms with Crippen molar-refractivity contribution in [2.75, 3.05) is 18.4 Å². The molecular weight excluding hydrogens is 252 g/mol. The molecule has 1 aromatic rings. The zero-order valence-corrected chi connectivity index (χ0v) is 11.8.